The molecule has 1 unspecified atom stereocenters. The summed E-state index contributed by atoms with van der Waals surface area (Å²) in [6, 6.07) is 0. The van der Waals surface area contributed by atoms with Crippen molar-refractivity contribution in [2.75, 3.05) is 5.75 Å². The Kier molecular flexibility index (Phi) is 5.65. The van der Waals surface area contributed by atoms with Crippen LogP contribution < -0.4 is 0 Å². The van der Waals surface area contributed by atoms with Crippen LogP contribution >= 0.6 is 0 Å². The molecule has 0 bridgehead atoms. The summed E-state index contributed by atoms with van der Waals surface area (Å²) in [6.07, 6.45) is 10.2. The summed E-state index contributed by atoms with van der Waals surface area (Å²) in [6.45, 7) is 2.21. The first-order valence-electron chi connectivity index (χ1n) is 6.38. The van der Waals surface area contributed by atoms with Crippen molar-refractivity contribution >= 4 is 9.84 Å². The Bertz CT molecular complexity index is 257. The molecule has 1 heterocycles. The standard InChI is InChI=1S/C12H24O2S/c1-2-3-4-5-6-7-9-12-10-8-11-15(12,13)14/h12H,2-11H2,1H3. The van der Waals surface area contributed by atoms with Crippen LogP contribution in [0.25, 0.3) is 0 Å². The predicted octanol–water partition coefficient (Wildman–Crippen LogP) is 3.31. The predicted molar refractivity (Wildman–Crippen MR) is 64.8 cm³/mol. The van der Waals surface area contributed by atoms with Crippen LogP contribution in [0.15, 0.2) is 0 Å². The topological polar surface area (TPSA) is 34.1 Å². The van der Waals surface area contributed by atoms with Gasteiger partial charge in [0, 0.05) is 0 Å². The van der Waals surface area contributed by atoms with Crippen LogP contribution in [0.4, 0.5) is 0 Å². The van der Waals surface area contributed by atoms with Gasteiger partial charge in [0.1, 0.15) is 0 Å². The zero-order valence-corrected chi connectivity index (χ0v) is 10.7. The van der Waals surface area contributed by atoms with Crippen LogP contribution in [0.5, 0.6) is 0 Å². The largest absolute Gasteiger partial charge is 0.229 e. The monoisotopic (exact) mass is 232 g/mol. The first-order chi connectivity index (χ1) is 7.17. The number of sulfone groups is 1. The maximum absolute atomic E-state index is 11.5. The fraction of sp³-hybridized carbons (Fsp3) is 1.00. The van der Waals surface area contributed by atoms with Crippen molar-refractivity contribution in [1.29, 1.82) is 0 Å². The van der Waals surface area contributed by atoms with Crippen molar-refractivity contribution in [3.8, 4) is 0 Å². The summed E-state index contributed by atoms with van der Waals surface area (Å²) in [5, 5.41) is 0.00340. The molecule has 0 spiro atoms. The molecule has 1 aliphatic heterocycles. The average Bonchev–Trinajstić information content (AvgIpc) is 2.52. The minimum atomic E-state index is -2.68. The third-order valence-corrected chi connectivity index (χ3v) is 5.69. The second-order valence-electron chi connectivity index (χ2n) is 4.69. The van der Waals surface area contributed by atoms with E-state index < -0.39 is 9.84 Å². The van der Waals surface area contributed by atoms with Crippen LogP contribution in [0.2, 0.25) is 0 Å². The molecule has 0 saturated carbocycles. The van der Waals surface area contributed by atoms with Crippen molar-refractivity contribution < 1.29 is 8.42 Å². The maximum atomic E-state index is 11.5. The quantitative estimate of drug-likeness (QED) is 0.631. The fourth-order valence-electron chi connectivity index (χ4n) is 2.33. The van der Waals surface area contributed by atoms with Crippen molar-refractivity contribution in [2.45, 2.75) is 70.0 Å². The van der Waals surface area contributed by atoms with Gasteiger partial charge in [-0.15, -0.1) is 0 Å². The molecular formula is C12H24O2S. The van der Waals surface area contributed by atoms with Crippen LogP contribution in [0.1, 0.15) is 64.7 Å². The minimum absolute atomic E-state index is 0.00340. The van der Waals surface area contributed by atoms with Gasteiger partial charge in [0.2, 0.25) is 0 Å². The Morgan fingerprint density at radius 1 is 1.07 bits per heavy atom. The van der Waals surface area contributed by atoms with E-state index in [-0.39, 0.29) is 5.25 Å². The van der Waals surface area contributed by atoms with E-state index in [0.29, 0.717) is 5.75 Å². The molecule has 0 N–H and O–H groups in total. The molecule has 0 aromatic carbocycles. The molecule has 0 aromatic rings. The van der Waals surface area contributed by atoms with Gasteiger partial charge in [-0.25, -0.2) is 8.42 Å². The number of rotatable bonds is 7. The number of hydrogen-bond donors (Lipinski definition) is 0. The van der Waals surface area contributed by atoms with Gasteiger partial charge in [-0.3, -0.25) is 0 Å². The normalized spacial score (nSPS) is 24.5. The summed E-state index contributed by atoms with van der Waals surface area (Å²) in [7, 11) is -2.68. The van der Waals surface area contributed by atoms with E-state index in [1.54, 1.807) is 0 Å². The lowest BCUT2D eigenvalue weighted by Gasteiger charge is -2.08. The Hall–Kier alpha value is -0.0500. The molecule has 1 fully saturated rings. The first kappa shape index (κ1) is 13.0. The van der Waals surface area contributed by atoms with Gasteiger partial charge in [-0.05, 0) is 19.3 Å². The molecule has 0 aliphatic carbocycles. The molecule has 15 heavy (non-hydrogen) atoms. The highest BCUT2D eigenvalue weighted by molar-refractivity contribution is 7.92. The smallest absolute Gasteiger partial charge is 0.153 e. The van der Waals surface area contributed by atoms with Crippen LogP contribution in [-0.2, 0) is 9.84 Å². The van der Waals surface area contributed by atoms with Gasteiger partial charge in [0.15, 0.2) is 9.84 Å². The van der Waals surface area contributed by atoms with Crippen LogP contribution in [-0.4, -0.2) is 19.4 Å². The van der Waals surface area contributed by atoms with E-state index in [1.165, 1.54) is 32.1 Å². The molecule has 1 aliphatic rings. The van der Waals surface area contributed by atoms with E-state index >= 15 is 0 Å². The maximum Gasteiger partial charge on any atom is 0.153 e. The average molecular weight is 232 g/mol. The lowest BCUT2D eigenvalue weighted by molar-refractivity contribution is 0.552. The first-order valence-corrected chi connectivity index (χ1v) is 8.10. The summed E-state index contributed by atoms with van der Waals surface area (Å²) >= 11 is 0. The number of unbranched alkanes of at least 4 members (excludes halogenated alkanes) is 5. The number of hydrogen-bond acceptors (Lipinski definition) is 2. The zero-order chi connectivity index (χ0) is 11.1. The van der Waals surface area contributed by atoms with Gasteiger partial charge in [-0.2, -0.15) is 0 Å². The highest BCUT2D eigenvalue weighted by Gasteiger charge is 2.30. The van der Waals surface area contributed by atoms with Crippen LogP contribution in [0.3, 0.4) is 0 Å². The molecule has 0 aromatic heterocycles. The molecule has 1 saturated heterocycles. The van der Waals surface area contributed by atoms with E-state index in [0.717, 1.165) is 25.7 Å². The Labute approximate surface area is 94.4 Å². The van der Waals surface area contributed by atoms with Gasteiger partial charge in [-0.1, -0.05) is 45.4 Å². The molecule has 90 valence electrons. The Balaban J connectivity index is 2.05. The van der Waals surface area contributed by atoms with E-state index in [9.17, 15) is 8.42 Å². The Morgan fingerprint density at radius 2 is 1.73 bits per heavy atom. The van der Waals surface area contributed by atoms with Gasteiger partial charge in [0.05, 0.1) is 11.0 Å². The summed E-state index contributed by atoms with van der Waals surface area (Å²) in [4.78, 5) is 0. The van der Waals surface area contributed by atoms with Gasteiger partial charge < -0.3 is 0 Å². The Morgan fingerprint density at radius 3 is 2.33 bits per heavy atom. The minimum Gasteiger partial charge on any atom is -0.229 e. The zero-order valence-electron chi connectivity index (χ0n) is 9.87. The molecule has 1 atom stereocenters. The molecule has 2 nitrogen and oxygen atoms in total. The molecule has 0 radical (unpaired) electrons. The van der Waals surface area contributed by atoms with E-state index in [1.807, 2.05) is 0 Å². The van der Waals surface area contributed by atoms with Gasteiger partial charge in [0.25, 0.3) is 0 Å². The van der Waals surface area contributed by atoms with E-state index in [4.69, 9.17) is 0 Å². The van der Waals surface area contributed by atoms with Crippen molar-refractivity contribution in [1.82, 2.24) is 0 Å². The van der Waals surface area contributed by atoms with Crippen molar-refractivity contribution in [2.24, 2.45) is 0 Å². The summed E-state index contributed by atoms with van der Waals surface area (Å²) in [5.74, 6) is 0.438. The summed E-state index contributed by atoms with van der Waals surface area (Å²) in [5.41, 5.74) is 0. The second-order valence-corrected chi connectivity index (χ2v) is 7.09. The molecule has 3 heteroatoms. The highest BCUT2D eigenvalue weighted by atomic mass is 32.2. The van der Waals surface area contributed by atoms with Crippen molar-refractivity contribution in [3.05, 3.63) is 0 Å². The van der Waals surface area contributed by atoms with Gasteiger partial charge >= 0.3 is 0 Å². The van der Waals surface area contributed by atoms with E-state index in [2.05, 4.69) is 6.92 Å². The molecule has 1 rings (SSSR count). The molecule has 0 amide bonds. The lowest BCUT2D eigenvalue weighted by Crippen LogP contribution is -2.15. The second kappa shape index (κ2) is 6.51. The lowest BCUT2D eigenvalue weighted by atomic mass is 10.1. The van der Waals surface area contributed by atoms with Crippen molar-refractivity contribution in [3.63, 3.8) is 0 Å². The third kappa shape index (κ3) is 4.54. The third-order valence-electron chi connectivity index (χ3n) is 3.34. The molecular weight excluding hydrogens is 208 g/mol. The summed E-state index contributed by atoms with van der Waals surface area (Å²) < 4.78 is 23.1. The fourth-order valence-corrected chi connectivity index (χ4v) is 4.29. The SMILES string of the molecule is CCCCCCCCC1CCCS1(=O)=O. The van der Waals surface area contributed by atoms with Crippen LogP contribution in [0, 0.1) is 0 Å². The highest BCUT2D eigenvalue weighted by Crippen LogP contribution is 2.24.